The van der Waals surface area contributed by atoms with E-state index in [9.17, 15) is 4.79 Å². The van der Waals surface area contributed by atoms with E-state index in [1.807, 2.05) is 40.2 Å². The number of ether oxygens (including phenoxy) is 2. The van der Waals surface area contributed by atoms with E-state index in [0.717, 1.165) is 5.56 Å². The summed E-state index contributed by atoms with van der Waals surface area (Å²) < 4.78 is 12.8. The van der Waals surface area contributed by atoms with Crippen molar-refractivity contribution in [3.05, 3.63) is 18.0 Å². The molecule has 7 heteroatoms. The maximum Gasteiger partial charge on any atom is 0.410 e. The van der Waals surface area contributed by atoms with Crippen molar-refractivity contribution < 1.29 is 14.3 Å². The topological polar surface area (TPSA) is 68.6 Å². The minimum Gasteiger partial charge on any atom is -0.444 e. The molecular formula is C16H28N4O3. The summed E-state index contributed by atoms with van der Waals surface area (Å²) in [5.41, 5.74) is 0.617. The van der Waals surface area contributed by atoms with Crippen LogP contribution >= 0.6 is 0 Å². The van der Waals surface area contributed by atoms with E-state index >= 15 is 0 Å². The first kappa shape index (κ1) is 17.7. The Bertz CT molecular complexity index is 538. The lowest BCUT2D eigenvalue weighted by Gasteiger charge is -2.24. The zero-order valence-corrected chi connectivity index (χ0v) is 14.9. The van der Waals surface area contributed by atoms with Crippen LogP contribution in [0, 0.1) is 0 Å². The third kappa shape index (κ3) is 4.68. The van der Waals surface area contributed by atoms with Gasteiger partial charge in [0, 0.05) is 38.5 Å². The van der Waals surface area contributed by atoms with Crippen molar-refractivity contribution in [1.82, 2.24) is 20.0 Å². The standard InChI is InChI=1S/C16H28N4O3/c1-11(12-7-17-19(5)8-12)18-13-9-20(10-14(13)22-6)15(21)23-16(2,3)4/h7-8,11,13-14,18H,9-10H2,1-6H3/t11?,13?,14-/m0/s1. The first-order chi connectivity index (χ1) is 10.7. The third-order valence-electron chi connectivity index (χ3n) is 3.91. The van der Waals surface area contributed by atoms with Gasteiger partial charge in [0.05, 0.1) is 24.9 Å². The molecule has 0 spiro atoms. The van der Waals surface area contributed by atoms with Crippen molar-refractivity contribution in [2.24, 2.45) is 7.05 Å². The second kappa shape index (κ2) is 6.88. The number of methoxy groups -OCH3 is 1. The smallest absolute Gasteiger partial charge is 0.410 e. The summed E-state index contributed by atoms with van der Waals surface area (Å²) in [6, 6.07) is 0.188. The van der Waals surface area contributed by atoms with Crippen molar-refractivity contribution in [2.75, 3.05) is 20.2 Å². The number of hydrogen-bond donors (Lipinski definition) is 1. The number of likely N-dealkylation sites (tertiary alicyclic amines) is 1. The van der Waals surface area contributed by atoms with Crippen LogP contribution in [0.25, 0.3) is 0 Å². The van der Waals surface area contributed by atoms with Crippen LogP contribution in [0.3, 0.4) is 0 Å². The highest BCUT2D eigenvalue weighted by molar-refractivity contribution is 5.68. The first-order valence-electron chi connectivity index (χ1n) is 7.95. The molecule has 1 fully saturated rings. The van der Waals surface area contributed by atoms with Crippen LogP contribution in [0.2, 0.25) is 0 Å². The van der Waals surface area contributed by atoms with Crippen molar-refractivity contribution in [3.8, 4) is 0 Å². The van der Waals surface area contributed by atoms with Crippen LogP contribution in [0.1, 0.15) is 39.3 Å². The summed E-state index contributed by atoms with van der Waals surface area (Å²) in [6.45, 7) is 8.79. The molecule has 2 rings (SSSR count). The quantitative estimate of drug-likeness (QED) is 0.913. The molecule has 0 bridgehead atoms. The van der Waals surface area contributed by atoms with Crippen molar-refractivity contribution in [3.63, 3.8) is 0 Å². The summed E-state index contributed by atoms with van der Waals surface area (Å²) in [4.78, 5) is 13.9. The molecule has 1 aromatic rings. The number of aromatic nitrogens is 2. The van der Waals surface area contributed by atoms with Crippen molar-refractivity contribution >= 4 is 6.09 Å². The summed E-state index contributed by atoms with van der Waals surface area (Å²) in [6.07, 6.45) is 3.49. The van der Waals surface area contributed by atoms with E-state index in [1.54, 1.807) is 16.7 Å². The second-order valence-corrected chi connectivity index (χ2v) is 7.10. The monoisotopic (exact) mass is 324 g/mol. The molecular weight excluding hydrogens is 296 g/mol. The number of hydrogen-bond acceptors (Lipinski definition) is 5. The van der Waals surface area contributed by atoms with Gasteiger partial charge in [-0.05, 0) is 27.7 Å². The average Bonchev–Trinajstić information content (AvgIpc) is 3.03. The van der Waals surface area contributed by atoms with Crippen LogP contribution in [0.15, 0.2) is 12.4 Å². The van der Waals surface area contributed by atoms with Crippen LogP contribution in [0.4, 0.5) is 4.79 Å². The largest absolute Gasteiger partial charge is 0.444 e. The molecule has 0 aliphatic carbocycles. The van der Waals surface area contributed by atoms with Gasteiger partial charge in [-0.15, -0.1) is 0 Å². The second-order valence-electron chi connectivity index (χ2n) is 7.10. The first-order valence-corrected chi connectivity index (χ1v) is 7.95. The molecule has 1 saturated heterocycles. The summed E-state index contributed by atoms with van der Waals surface area (Å²) in [5.74, 6) is 0. The Morgan fingerprint density at radius 3 is 2.65 bits per heavy atom. The van der Waals surface area contributed by atoms with E-state index in [1.165, 1.54) is 0 Å². The molecule has 3 atom stereocenters. The van der Waals surface area contributed by atoms with E-state index in [4.69, 9.17) is 9.47 Å². The third-order valence-corrected chi connectivity index (χ3v) is 3.91. The maximum atomic E-state index is 12.2. The zero-order valence-electron chi connectivity index (χ0n) is 14.9. The molecule has 2 unspecified atom stereocenters. The molecule has 130 valence electrons. The summed E-state index contributed by atoms with van der Waals surface area (Å²) in [5, 5.41) is 7.73. The van der Waals surface area contributed by atoms with Gasteiger partial charge >= 0.3 is 6.09 Å². The minimum atomic E-state index is -0.492. The molecule has 1 N–H and O–H groups in total. The molecule has 1 aliphatic heterocycles. The lowest BCUT2D eigenvalue weighted by atomic mass is 10.1. The molecule has 0 aromatic carbocycles. The fourth-order valence-corrected chi connectivity index (χ4v) is 2.73. The maximum absolute atomic E-state index is 12.2. The SMILES string of the molecule is CO[C@H]1CN(C(=O)OC(C)(C)C)CC1NC(C)c1cnn(C)c1. The van der Waals surface area contributed by atoms with Gasteiger partial charge in [-0.2, -0.15) is 5.10 Å². The highest BCUT2D eigenvalue weighted by Crippen LogP contribution is 2.20. The van der Waals surface area contributed by atoms with Crippen LogP contribution in [-0.2, 0) is 16.5 Å². The molecule has 1 aliphatic rings. The van der Waals surface area contributed by atoms with Gasteiger partial charge in [0.15, 0.2) is 0 Å². The molecule has 1 aromatic heterocycles. The minimum absolute atomic E-state index is 0.0540. The lowest BCUT2D eigenvalue weighted by Crippen LogP contribution is -2.41. The molecule has 23 heavy (non-hydrogen) atoms. The fraction of sp³-hybridized carbons (Fsp3) is 0.750. The van der Waals surface area contributed by atoms with Crippen LogP contribution in [0.5, 0.6) is 0 Å². The average molecular weight is 324 g/mol. The lowest BCUT2D eigenvalue weighted by molar-refractivity contribution is 0.0252. The van der Waals surface area contributed by atoms with Gasteiger partial charge in [0.2, 0.25) is 0 Å². The number of nitrogens with zero attached hydrogens (tertiary/aromatic N) is 3. The van der Waals surface area contributed by atoms with Crippen LogP contribution < -0.4 is 5.32 Å². The Hall–Kier alpha value is -1.60. The normalized spacial score (nSPS) is 23.1. The predicted molar refractivity (Wildman–Crippen MR) is 87.2 cm³/mol. The highest BCUT2D eigenvalue weighted by atomic mass is 16.6. The van der Waals surface area contributed by atoms with Gasteiger partial charge in [-0.3, -0.25) is 4.68 Å². The number of carbonyl (C=O) groups is 1. The van der Waals surface area contributed by atoms with Gasteiger partial charge in [-0.25, -0.2) is 4.79 Å². The molecule has 0 radical (unpaired) electrons. The Kier molecular flexibility index (Phi) is 5.31. The van der Waals surface area contributed by atoms with E-state index in [-0.39, 0.29) is 24.3 Å². The van der Waals surface area contributed by atoms with E-state index in [0.29, 0.717) is 13.1 Å². The van der Waals surface area contributed by atoms with Crippen molar-refractivity contribution in [1.29, 1.82) is 0 Å². The Morgan fingerprint density at radius 1 is 1.43 bits per heavy atom. The predicted octanol–water partition coefficient (Wildman–Crippen LogP) is 1.70. The highest BCUT2D eigenvalue weighted by Gasteiger charge is 2.37. The fourth-order valence-electron chi connectivity index (χ4n) is 2.73. The van der Waals surface area contributed by atoms with Gasteiger partial charge < -0.3 is 19.7 Å². The van der Waals surface area contributed by atoms with Gasteiger partial charge in [0.1, 0.15) is 5.60 Å². The zero-order chi connectivity index (χ0) is 17.2. The molecule has 2 heterocycles. The van der Waals surface area contributed by atoms with Gasteiger partial charge in [0.25, 0.3) is 0 Å². The number of carbonyl (C=O) groups excluding carboxylic acids is 1. The Balaban J connectivity index is 1.97. The van der Waals surface area contributed by atoms with Gasteiger partial charge in [-0.1, -0.05) is 0 Å². The summed E-state index contributed by atoms with van der Waals surface area (Å²) >= 11 is 0. The number of nitrogens with one attached hydrogen (secondary N) is 1. The van der Waals surface area contributed by atoms with E-state index < -0.39 is 5.60 Å². The molecule has 0 saturated carbocycles. The number of aryl methyl sites for hydroxylation is 1. The molecule has 7 nitrogen and oxygen atoms in total. The molecule has 1 amide bonds. The van der Waals surface area contributed by atoms with Crippen LogP contribution in [-0.4, -0.2) is 58.7 Å². The van der Waals surface area contributed by atoms with E-state index in [2.05, 4.69) is 17.3 Å². The number of rotatable bonds is 4. The Labute approximate surface area is 137 Å². The Morgan fingerprint density at radius 2 is 2.13 bits per heavy atom. The summed E-state index contributed by atoms with van der Waals surface area (Å²) in [7, 11) is 3.57. The van der Waals surface area contributed by atoms with Crippen molar-refractivity contribution in [2.45, 2.75) is 51.5 Å². The number of amides is 1.